The van der Waals surface area contributed by atoms with Gasteiger partial charge in [-0.2, -0.15) is 0 Å². The Hall–Kier alpha value is -1.62. The Morgan fingerprint density at radius 3 is 2.59 bits per heavy atom. The zero-order valence-electron chi connectivity index (χ0n) is 9.74. The number of carbonyl (C=O) groups is 1. The van der Waals surface area contributed by atoms with Crippen LogP contribution in [-0.4, -0.2) is 29.4 Å². The molecule has 94 valence electrons. The number of ether oxygens (including phenoxy) is 1. The van der Waals surface area contributed by atoms with E-state index >= 15 is 0 Å². The average Bonchev–Trinajstić information content (AvgIpc) is 2.30. The third-order valence-corrected chi connectivity index (χ3v) is 2.66. The Bertz CT molecular complexity index is 419. The van der Waals surface area contributed by atoms with Gasteiger partial charge in [-0.1, -0.05) is 6.07 Å². The first kappa shape index (κ1) is 13.4. The number of aliphatic hydroxyl groups is 1. The SMILES string of the molecule is CCOc1ccc(C(C)(CO)C(=O)O)cc1F. The van der Waals surface area contributed by atoms with E-state index in [1.165, 1.54) is 19.1 Å². The van der Waals surface area contributed by atoms with E-state index in [1.54, 1.807) is 6.92 Å². The molecule has 0 aliphatic rings. The van der Waals surface area contributed by atoms with Gasteiger partial charge < -0.3 is 14.9 Å². The summed E-state index contributed by atoms with van der Waals surface area (Å²) < 4.78 is 18.6. The van der Waals surface area contributed by atoms with Crippen LogP contribution in [0.2, 0.25) is 0 Å². The van der Waals surface area contributed by atoms with Crippen LogP contribution in [0.25, 0.3) is 0 Å². The van der Waals surface area contributed by atoms with Crippen LogP contribution in [0.1, 0.15) is 19.4 Å². The third kappa shape index (κ3) is 2.55. The van der Waals surface area contributed by atoms with Crippen LogP contribution < -0.4 is 4.74 Å². The minimum atomic E-state index is -1.51. The number of carboxylic acids is 1. The van der Waals surface area contributed by atoms with E-state index in [1.807, 2.05) is 0 Å². The molecule has 0 saturated carbocycles. The van der Waals surface area contributed by atoms with Crippen LogP contribution in [0.5, 0.6) is 5.75 Å². The van der Waals surface area contributed by atoms with Crippen molar-refractivity contribution in [2.24, 2.45) is 0 Å². The Morgan fingerprint density at radius 1 is 1.53 bits per heavy atom. The monoisotopic (exact) mass is 242 g/mol. The average molecular weight is 242 g/mol. The Morgan fingerprint density at radius 2 is 2.18 bits per heavy atom. The maximum Gasteiger partial charge on any atom is 0.316 e. The molecule has 0 aromatic heterocycles. The molecule has 0 amide bonds. The summed E-state index contributed by atoms with van der Waals surface area (Å²) in [6.45, 7) is 2.79. The molecular formula is C12H15FO4. The van der Waals surface area contributed by atoms with Gasteiger partial charge in [0.2, 0.25) is 0 Å². The second kappa shape index (κ2) is 5.14. The molecule has 1 atom stereocenters. The fraction of sp³-hybridized carbons (Fsp3) is 0.417. The first-order chi connectivity index (χ1) is 7.95. The summed E-state index contributed by atoms with van der Waals surface area (Å²) in [5.74, 6) is -1.77. The summed E-state index contributed by atoms with van der Waals surface area (Å²) >= 11 is 0. The van der Waals surface area contributed by atoms with Crippen molar-refractivity contribution in [3.05, 3.63) is 29.6 Å². The molecule has 0 aliphatic heterocycles. The van der Waals surface area contributed by atoms with Gasteiger partial charge in [0.15, 0.2) is 11.6 Å². The number of halogens is 1. The first-order valence-electron chi connectivity index (χ1n) is 5.22. The van der Waals surface area contributed by atoms with E-state index in [0.717, 1.165) is 6.07 Å². The standard InChI is InChI=1S/C12H15FO4/c1-3-17-10-5-4-8(6-9(10)13)12(2,7-14)11(15)16/h4-6,14H,3,7H2,1-2H3,(H,15,16). The zero-order valence-corrected chi connectivity index (χ0v) is 9.74. The minimum absolute atomic E-state index is 0.0712. The van der Waals surface area contributed by atoms with Crippen LogP contribution in [0.4, 0.5) is 4.39 Å². The first-order valence-corrected chi connectivity index (χ1v) is 5.22. The minimum Gasteiger partial charge on any atom is -0.491 e. The molecule has 0 heterocycles. The number of carboxylic acid groups (broad SMARTS) is 1. The van der Waals surface area contributed by atoms with Crippen LogP contribution in [0.15, 0.2) is 18.2 Å². The summed E-state index contributed by atoms with van der Waals surface area (Å²) in [4.78, 5) is 11.1. The lowest BCUT2D eigenvalue weighted by Crippen LogP contribution is -2.36. The third-order valence-electron chi connectivity index (χ3n) is 2.66. The van der Waals surface area contributed by atoms with Crippen molar-refractivity contribution in [1.82, 2.24) is 0 Å². The highest BCUT2D eigenvalue weighted by molar-refractivity contribution is 5.81. The van der Waals surface area contributed by atoms with Crippen molar-refractivity contribution < 1.29 is 24.1 Å². The van der Waals surface area contributed by atoms with E-state index < -0.39 is 23.8 Å². The lowest BCUT2D eigenvalue weighted by molar-refractivity contribution is -0.144. The molecule has 0 aliphatic carbocycles. The smallest absolute Gasteiger partial charge is 0.316 e. The van der Waals surface area contributed by atoms with Gasteiger partial charge in [0.1, 0.15) is 5.41 Å². The van der Waals surface area contributed by atoms with E-state index in [2.05, 4.69) is 0 Å². The van der Waals surface area contributed by atoms with Gasteiger partial charge in [-0.05, 0) is 31.5 Å². The second-order valence-electron chi connectivity index (χ2n) is 3.87. The maximum absolute atomic E-state index is 13.6. The summed E-state index contributed by atoms with van der Waals surface area (Å²) in [5, 5.41) is 18.2. The molecule has 0 fully saturated rings. The molecule has 2 N–H and O–H groups in total. The predicted molar refractivity (Wildman–Crippen MR) is 59.6 cm³/mol. The quantitative estimate of drug-likeness (QED) is 0.822. The van der Waals surface area contributed by atoms with Crippen molar-refractivity contribution in [2.45, 2.75) is 19.3 Å². The molecule has 1 unspecified atom stereocenters. The van der Waals surface area contributed by atoms with E-state index in [4.69, 9.17) is 14.9 Å². The van der Waals surface area contributed by atoms with Crippen LogP contribution >= 0.6 is 0 Å². The van der Waals surface area contributed by atoms with Crippen molar-refractivity contribution in [3.8, 4) is 5.75 Å². The highest BCUT2D eigenvalue weighted by Gasteiger charge is 2.35. The van der Waals surface area contributed by atoms with E-state index in [-0.39, 0.29) is 11.3 Å². The largest absolute Gasteiger partial charge is 0.491 e. The molecule has 0 bridgehead atoms. The molecule has 1 aromatic carbocycles. The van der Waals surface area contributed by atoms with Crippen molar-refractivity contribution in [1.29, 1.82) is 0 Å². The Labute approximate surface area is 98.7 Å². The molecule has 0 radical (unpaired) electrons. The second-order valence-corrected chi connectivity index (χ2v) is 3.87. The zero-order chi connectivity index (χ0) is 13.1. The summed E-state index contributed by atoms with van der Waals surface area (Å²) in [6.07, 6.45) is 0. The number of rotatable bonds is 5. The lowest BCUT2D eigenvalue weighted by atomic mass is 9.83. The van der Waals surface area contributed by atoms with Crippen molar-refractivity contribution >= 4 is 5.97 Å². The molecule has 4 nitrogen and oxygen atoms in total. The highest BCUT2D eigenvalue weighted by Crippen LogP contribution is 2.28. The van der Waals surface area contributed by atoms with E-state index in [9.17, 15) is 9.18 Å². The van der Waals surface area contributed by atoms with Gasteiger partial charge in [0.25, 0.3) is 0 Å². The van der Waals surface area contributed by atoms with Gasteiger partial charge in [0.05, 0.1) is 13.2 Å². The molecule has 17 heavy (non-hydrogen) atoms. The van der Waals surface area contributed by atoms with Crippen LogP contribution in [0, 0.1) is 5.82 Å². The maximum atomic E-state index is 13.6. The fourth-order valence-electron chi connectivity index (χ4n) is 1.40. The number of aliphatic carboxylic acids is 1. The normalized spacial score (nSPS) is 14.1. The summed E-state index contributed by atoms with van der Waals surface area (Å²) in [7, 11) is 0. The number of hydrogen-bond acceptors (Lipinski definition) is 3. The van der Waals surface area contributed by atoms with Crippen LogP contribution in [0.3, 0.4) is 0 Å². The number of aliphatic hydroxyl groups excluding tert-OH is 1. The number of hydrogen-bond donors (Lipinski definition) is 2. The predicted octanol–water partition coefficient (Wildman–Crippen LogP) is 1.56. The molecule has 1 aromatic rings. The number of benzene rings is 1. The molecule has 0 saturated heterocycles. The van der Waals surface area contributed by atoms with Gasteiger partial charge in [-0.3, -0.25) is 4.79 Å². The van der Waals surface area contributed by atoms with Gasteiger partial charge >= 0.3 is 5.97 Å². The van der Waals surface area contributed by atoms with E-state index in [0.29, 0.717) is 6.61 Å². The topological polar surface area (TPSA) is 66.8 Å². The lowest BCUT2D eigenvalue weighted by Gasteiger charge is -2.22. The summed E-state index contributed by atoms with van der Waals surface area (Å²) in [5.41, 5.74) is -1.31. The molecule has 5 heteroatoms. The molecular weight excluding hydrogens is 227 g/mol. The van der Waals surface area contributed by atoms with Crippen LogP contribution in [-0.2, 0) is 10.2 Å². The van der Waals surface area contributed by atoms with Gasteiger partial charge in [-0.25, -0.2) is 4.39 Å². The fourth-order valence-corrected chi connectivity index (χ4v) is 1.40. The van der Waals surface area contributed by atoms with Crippen molar-refractivity contribution in [2.75, 3.05) is 13.2 Å². The molecule has 0 spiro atoms. The molecule has 1 rings (SSSR count). The van der Waals surface area contributed by atoms with Gasteiger partial charge in [0, 0.05) is 0 Å². The van der Waals surface area contributed by atoms with Crippen molar-refractivity contribution in [3.63, 3.8) is 0 Å². The van der Waals surface area contributed by atoms with Gasteiger partial charge in [-0.15, -0.1) is 0 Å². The summed E-state index contributed by atoms with van der Waals surface area (Å²) in [6, 6.07) is 3.89. The Kier molecular flexibility index (Phi) is 4.07. The highest BCUT2D eigenvalue weighted by atomic mass is 19.1. The Balaban J connectivity index is 3.16.